The van der Waals surface area contributed by atoms with E-state index < -0.39 is 17.5 Å². The van der Waals surface area contributed by atoms with Crippen LogP contribution in [0.25, 0.3) is 0 Å². The molecule has 0 atom stereocenters. The molecule has 5 heteroatoms. The van der Waals surface area contributed by atoms with Crippen LogP contribution in [0.2, 0.25) is 0 Å². The van der Waals surface area contributed by atoms with Crippen LogP contribution >= 0.6 is 0 Å². The summed E-state index contributed by atoms with van der Waals surface area (Å²) in [6, 6.07) is 9.50. The van der Waals surface area contributed by atoms with Gasteiger partial charge >= 0.3 is 11.9 Å². The number of hydrogen-bond acceptors (Lipinski definition) is 4. The molecule has 0 aliphatic heterocycles. The van der Waals surface area contributed by atoms with Crippen molar-refractivity contribution in [2.75, 3.05) is 0 Å². The second kappa shape index (κ2) is 8.21. The Morgan fingerprint density at radius 2 is 1.73 bits per heavy atom. The number of carbonyl (C=O) groups is 2. The quantitative estimate of drug-likeness (QED) is 0.768. The summed E-state index contributed by atoms with van der Waals surface area (Å²) in [5, 5.41) is 0. The molecule has 0 bridgehead atoms. The van der Waals surface area contributed by atoms with Crippen LogP contribution in [0, 0.1) is 6.92 Å². The predicted molar refractivity (Wildman–Crippen MR) is 100 cm³/mol. The molecule has 1 aromatic carbocycles. The summed E-state index contributed by atoms with van der Waals surface area (Å²) in [6.45, 7) is 9.41. The molecule has 0 amide bonds. The van der Waals surface area contributed by atoms with Gasteiger partial charge in [0.15, 0.2) is 0 Å². The third kappa shape index (κ3) is 4.97. The van der Waals surface area contributed by atoms with Gasteiger partial charge in [-0.3, -0.25) is 0 Å². The SMILES string of the molecule is CCCc1c(C(=O)OC(C)(C)C)[nH]c(C)c1C(=O)OCc1ccccc1. The van der Waals surface area contributed by atoms with Crippen LogP contribution in [-0.2, 0) is 22.5 Å². The molecule has 1 N–H and O–H groups in total. The standard InChI is InChI=1S/C21H27NO4/c1-6-10-16-17(19(23)25-13-15-11-8-7-9-12-15)14(2)22-18(16)20(24)26-21(3,4)5/h7-9,11-12,22H,6,10,13H2,1-5H3. The monoisotopic (exact) mass is 357 g/mol. The van der Waals surface area contributed by atoms with Gasteiger partial charge in [-0.1, -0.05) is 43.7 Å². The second-order valence-corrected chi connectivity index (χ2v) is 7.29. The number of H-pyrrole nitrogens is 1. The highest BCUT2D eigenvalue weighted by Gasteiger charge is 2.28. The number of hydrogen-bond donors (Lipinski definition) is 1. The van der Waals surface area contributed by atoms with Crippen LogP contribution in [0.1, 0.15) is 71.8 Å². The molecule has 26 heavy (non-hydrogen) atoms. The highest BCUT2D eigenvalue weighted by Crippen LogP contribution is 2.24. The lowest BCUT2D eigenvalue weighted by atomic mass is 10.0. The topological polar surface area (TPSA) is 68.4 Å². The van der Waals surface area contributed by atoms with E-state index in [0.717, 1.165) is 12.0 Å². The molecule has 0 saturated carbocycles. The maximum absolute atomic E-state index is 12.7. The lowest BCUT2D eigenvalue weighted by Crippen LogP contribution is -2.24. The van der Waals surface area contributed by atoms with Gasteiger partial charge in [0.1, 0.15) is 17.9 Å². The van der Waals surface area contributed by atoms with E-state index in [-0.39, 0.29) is 6.61 Å². The molecular weight excluding hydrogens is 330 g/mol. The van der Waals surface area contributed by atoms with Gasteiger partial charge in [-0.25, -0.2) is 9.59 Å². The molecule has 1 aromatic heterocycles. The van der Waals surface area contributed by atoms with Gasteiger partial charge in [-0.05, 0) is 45.2 Å². The summed E-state index contributed by atoms with van der Waals surface area (Å²) in [5.41, 5.74) is 2.37. The van der Waals surface area contributed by atoms with Crippen molar-refractivity contribution < 1.29 is 19.1 Å². The minimum atomic E-state index is -0.604. The number of ether oxygens (including phenoxy) is 2. The average Bonchev–Trinajstić information content (AvgIpc) is 2.89. The lowest BCUT2D eigenvalue weighted by molar-refractivity contribution is 0.00622. The molecule has 0 aliphatic carbocycles. The number of aryl methyl sites for hydroxylation is 1. The van der Waals surface area contributed by atoms with Crippen molar-refractivity contribution >= 4 is 11.9 Å². The molecule has 0 unspecified atom stereocenters. The van der Waals surface area contributed by atoms with Crippen LogP contribution in [0.15, 0.2) is 30.3 Å². The summed E-state index contributed by atoms with van der Waals surface area (Å²) in [5.74, 6) is -0.882. The Morgan fingerprint density at radius 1 is 1.08 bits per heavy atom. The fourth-order valence-electron chi connectivity index (χ4n) is 2.75. The number of rotatable bonds is 6. The van der Waals surface area contributed by atoms with E-state index in [4.69, 9.17) is 9.47 Å². The molecule has 1 heterocycles. The maximum Gasteiger partial charge on any atom is 0.355 e. The third-order valence-corrected chi connectivity index (χ3v) is 3.81. The highest BCUT2D eigenvalue weighted by atomic mass is 16.6. The summed E-state index contributed by atoms with van der Waals surface area (Å²) >= 11 is 0. The summed E-state index contributed by atoms with van der Waals surface area (Å²) in [7, 11) is 0. The number of aromatic amines is 1. The van der Waals surface area contributed by atoms with Crippen LogP contribution < -0.4 is 0 Å². The smallest absolute Gasteiger partial charge is 0.355 e. The average molecular weight is 357 g/mol. The van der Waals surface area contributed by atoms with Gasteiger partial charge in [-0.2, -0.15) is 0 Å². The first-order valence-corrected chi connectivity index (χ1v) is 8.88. The number of nitrogens with one attached hydrogen (secondary N) is 1. The Hall–Kier alpha value is -2.56. The van der Waals surface area contributed by atoms with E-state index in [1.807, 2.05) is 58.0 Å². The Morgan fingerprint density at radius 3 is 2.31 bits per heavy atom. The molecule has 0 aliphatic rings. The normalized spacial score (nSPS) is 11.3. The highest BCUT2D eigenvalue weighted by molar-refractivity contribution is 5.98. The van der Waals surface area contributed by atoms with Crippen LogP contribution in [0.4, 0.5) is 0 Å². The summed E-state index contributed by atoms with van der Waals surface area (Å²) in [6.07, 6.45) is 1.39. The first-order chi connectivity index (χ1) is 12.2. The van der Waals surface area contributed by atoms with Gasteiger partial charge in [0.25, 0.3) is 0 Å². The zero-order valence-corrected chi connectivity index (χ0v) is 16.1. The van der Waals surface area contributed by atoms with Crippen molar-refractivity contribution in [2.24, 2.45) is 0 Å². The molecule has 5 nitrogen and oxygen atoms in total. The van der Waals surface area contributed by atoms with Crippen molar-refractivity contribution in [3.63, 3.8) is 0 Å². The Bertz CT molecular complexity index is 769. The molecule has 140 valence electrons. The Labute approximate surface area is 154 Å². The predicted octanol–water partition coefficient (Wildman–Crippen LogP) is 4.59. The van der Waals surface area contributed by atoms with Crippen molar-refractivity contribution in [2.45, 2.75) is 59.7 Å². The fraction of sp³-hybridized carbons (Fsp3) is 0.429. The van der Waals surface area contributed by atoms with E-state index in [1.54, 1.807) is 6.92 Å². The Kier molecular flexibility index (Phi) is 6.24. The van der Waals surface area contributed by atoms with Gasteiger partial charge in [0.2, 0.25) is 0 Å². The molecule has 0 saturated heterocycles. The molecular formula is C21H27NO4. The van der Waals surface area contributed by atoms with Gasteiger partial charge in [0, 0.05) is 5.69 Å². The van der Waals surface area contributed by atoms with Gasteiger partial charge in [0.05, 0.1) is 5.56 Å². The van der Waals surface area contributed by atoms with E-state index in [0.29, 0.717) is 28.9 Å². The zero-order chi connectivity index (χ0) is 19.3. The van der Waals surface area contributed by atoms with Crippen LogP contribution in [0.3, 0.4) is 0 Å². The third-order valence-electron chi connectivity index (χ3n) is 3.81. The minimum absolute atomic E-state index is 0.192. The first kappa shape index (κ1) is 19.8. The fourth-order valence-corrected chi connectivity index (χ4v) is 2.75. The van der Waals surface area contributed by atoms with Crippen molar-refractivity contribution in [3.8, 4) is 0 Å². The molecule has 0 fully saturated rings. The lowest BCUT2D eigenvalue weighted by Gasteiger charge is -2.19. The summed E-state index contributed by atoms with van der Waals surface area (Å²) < 4.78 is 10.9. The van der Waals surface area contributed by atoms with Crippen molar-refractivity contribution in [3.05, 3.63) is 58.4 Å². The molecule has 0 spiro atoms. The number of esters is 2. The summed E-state index contributed by atoms with van der Waals surface area (Å²) in [4.78, 5) is 28.2. The largest absolute Gasteiger partial charge is 0.457 e. The first-order valence-electron chi connectivity index (χ1n) is 8.88. The maximum atomic E-state index is 12.7. The Balaban J connectivity index is 2.26. The van der Waals surface area contributed by atoms with Gasteiger partial charge in [-0.15, -0.1) is 0 Å². The zero-order valence-electron chi connectivity index (χ0n) is 16.1. The van der Waals surface area contributed by atoms with Crippen molar-refractivity contribution in [1.82, 2.24) is 4.98 Å². The second-order valence-electron chi connectivity index (χ2n) is 7.29. The van der Waals surface area contributed by atoms with E-state index in [9.17, 15) is 9.59 Å². The molecule has 2 aromatic rings. The van der Waals surface area contributed by atoms with E-state index >= 15 is 0 Å². The van der Waals surface area contributed by atoms with Crippen LogP contribution in [-0.4, -0.2) is 22.5 Å². The molecule has 0 radical (unpaired) electrons. The number of carbonyl (C=O) groups excluding carboxylic acids is 2. The minimum Gasteiger partial charge on any atom is -0.457 e. The number of aromatic nitrogens is 1. The number of benzene rings is 1. The van der Waals surface area contributed by atoms with E-state index in [1.165, 1.54) is 0 Å². The van der Waals surface area contributed by atoms with Gasteiger partial charge < -0.3 is 14.5 Å². The molecule has 2 rings (SSSR count). The van der Waals surface area contributed by atoms with Crippen molar-refractivity contribution in [1.29, 1.82) is 0 Å². The van der Waals surface area contributed by atoms with E-state index in [2.05, 4.69) is 4.98 Å². The van der Waals surface area contributed by atoms with Crippen LogP contribution in [0.5, 0.6) is 0 Å².